The molecule has 0 saturated heterocycles. The first kappa shape index (κ1) is 14.8. The van der Waals surface area contributed by atoms with Gasteiger partial charge in [0.2, 0.25) is 0 Å². The van der Waals surface area contributed by atoms with Crippen LogP contribution in [0.1, 0.15) is 44.3 Å². The van der Waals surface area contributed by atoms with Crippen molar-refractivity contribution in [1.29, 1.82) is 0 Å². The van der Waals surface area contributed by atoms with E-state index in [0.717, 1.165) is 18.2 Å². The van der Waals surface area contributed by atoms with Gasteiger partial charge in [0.1, 0.15) is 12.1 Å². The van der Waals surface area contributed by atoms with E-state index in [1.807, 2.05) is 18.2 Å². The standard InChI is InChI=1S/C18H19N5O/c1-2-5-14(6-3-1)7-4-8-15-9-10-17(24-15)22-16-11-12-19-18-20-13-21-23(16)18/h9-14,22H,1-3,5-7H2. The van der Waals surface area contributed by atoms with Crippen molar-refractivity contribution in [2.75, 3.05) is 5.32 Å². The van der Waals surface area contributed by atoms with E-state index in [2.05, 4.69) is 32.2 Å². The third kappa shape index (κ3) is 3.25. The van der Waals surface area contributed by atoms with Crippen molar-refractivity contribution in [3.05, 3.63) is 36.5 Å². The molecule has 0 aromatic carbocycles. The molecule has 0 aliphatic heterocycles. The summed E-state index contributed by atoms with van der Waals surface area (Å²) in [6, 6.07) is 5.57. The molecule has 3 aromatic heterocycles. The summed E-state index contributed by atoms with van der Waals surface area (Å²) in [5, 5.41) is 7.31. The van der Waals surface area contributed by atoms with E-state index in [-0.39, 0.29) is 0 Å². The predicted octanol–water partition coefficient (Wildman–Crippen LogP) is 3.78. The maximum atomic E-state index is 5.74. The van der Waals surface area contributed by atoms with Gasteiger partial charge in [0.05, 0.1) is 0 Å². The Hall–Kier alpha value is -2.81. The Morgan fingerprint density at radius 2 is 2.08 bits per heavy atom. The van der Waals surface area contributed by atoms with Crippen molar-refractivity contribution >= 4 is 17.5 Å². The van der Waals surface area contributed by atoms with Crippen LogP contribution in [0, 0.1) is 17.8 Å². The molecule has 1 saturated carbocycles. The fourth-order valence-electron chi connectivity index (χ4n) is 3.11. The molecule has 6 nitrogen and oxygen atoms in total. The summed E-state index contributed by atoms with van der Waals surface area (Å²) in [6.07, 6.45) is 10.8. The summed E-state index contributed by atoms with van der Waals surface area (Å²) in [7, 11) is 0. The third-order valence-corrected chi connectivity index (χ3v) is 4.36. The molecule has 0 bridgehead atoms. The number of hydrogen-bond donors (Lipinski definition) is 1. The van der Waals surface area contributed by atoms with Crippen molar-refractivity contribution < 1.29 is 4.42 Å². The van der Waals surface area contributed by atoms with Crippen LogP contribution in [0.25, 0.3) is 5.78 Å². The Bertz CT molecular complexity index is 879. The summed E-state index contributed by atoms with van der Waals surface area (Å²) < 4.78 is 7.36. The first-order chi connectivity index (χ1) is 11.9. The van der Waals surface area contributed by atoms with E-state index in [0.29, 0.717) is 17.4 Å². The van der Waals surface area contributed by atoms with E-state index in [1.54, 1.807) is 10.7 Å². The molecule has 3 aromatic rings. The lowest BCUT2D eigenvalue weighted by Gasteiger charge is -2.18. The Kier molecular flexibility index (Phi) is 4.15. The van der Waals surface area contributed by atoms with Gasteiger partial charge in [-0.1, -0.05) is 25.2 Å². The number of nitrogens with zero attached hydrogens (tertiary/aromatic N) is 4. The number of nitrogens with one attached hydrogen (secondary N) is 1. The zero-order valence-corrected chi connectivity index (χ0v) is 13.4. The van der Waals surface area contributed by atoms with Crippen LogP contribution in [0.15, 0.2) is 35.1 Å². The quantitative estimate of drug-likeness (QED) is 0.743. The highest BCUT2D eigenvalue weighted by Gasteiger charge is 2.11. The molecule has 6 heteroatoms. The van der Waals surface area contributed by atoms with Crippen LogP contribution < -0.4 is 5.32 Å². The lowest BCUT2D eigenvalue weighted by molar-refractivity contribution is 0.365. The topological polar surface area (TPSA) is 68.2 Å². The van der Waals surface area contributed by atoms with E-state index < -0.39 is 0 Å². The molecule has 0 unspecified atom stereocenters. The second kappa shape index (κ2) is 6.75. The average Bonchev–Trinajstić information content (AvgIpc) is 3.26. The third-order valence-electron chi connectivity index (χ3n) is 4.36. The van der Waals surface area contributed by atoms with Crippen molar-refractivity contribution in [1.82, 2.24) is 19.6 Å². The zero-order valence-electron chi connectivity index (χ0n) is 13.4. The molecule has 0 radical (unpaired) electrons. The molecule has 4 rings (SSSR count). The molecule has 0 atom stereocenters. The van der Waals surface area contributed by atoms with Gasteiger partial charge in [0.25, 0.3) is 5.78 Å². The van der Waals surface area contributed by atoms with E-state index in [4.69, 9.17) is 4.42 Å². The Morgan fingerprint density at radius 1 is 1.17 bits per heavy atom. The van der Waals surface area contributed by atoms with Gasteiger partial charge in [-0.05, 0) is 36.8 Å². The van der Waals surface area contributed by atoms with E-state index >= 15 is 0 Å². The molecular weight excluding hydrogens is 302 g/mol. The lowest BCUT2D eigenvalue weighted by atomic mass is 9.87. The SMILES string of the molecule is C(#Cc1ccc(Nc2ccnc3ncnn23)o1)CC1CCCCC1. The number of aromatic nitrogens is 4. The van der Waals surface area contributed by atoms with Gasteiger partial charge < -0.3 is 9.73 Å². The molecule has 24 heavy (non-hydrogen) atoms. The highest BCUT2D eigenvalue weighted by atomic mass is 16.4. The summed E-state index contributed by atoms with van der Waals surface area (Å²) in [5.74, 6) is 9.74. The normalized spacial score (nSPS) is 15.2. The summed E-state index contributed by atoms with van der Waals surface area (Å²) in [5.41, 5.74) is 0. The second-order valence-electron chi connectivity index (χ2n) is 6.10. The Balaban J connectivity index is 1.42. The Labute approximate surface area is 140 Å². The molecule has 0 amide bonds. The van der Waals surface area contributed by atoms with Crippen LogP contribution in [0.5, 0.6) is 0 Å². The fraction of sp³-hybridized carbons (Fsp3) is 0.389. The van der Waals surface area contributed by atoms with Crippen LogP contribution >= 0.6 is 0 Å². The van der Waals surface area contributed by atoms with Crippen molar-refractivity contribution in [2.45, 2.75) is 38.5 Å². The zero-order chi connectivity index (χ0) is 16.2. The number of fused-ring (bicyclic) bond motifs is 1. The predicted molar refractivity (Wildman–Crippen MR) is 90.8 cm³/mol. The minimum atomic E-state index is 0.541. The highest BCUT2D eigenvalue weighted by molar-refractivity contribution is 5.53. The van der Waals surface area contributed by atoms with Crippen LogP contribution in [0.4, 0.5) is 11.7 Å². The highest BCUT2D eigenvalue weighted by Crippen LogP contribution is 2.26. The first-order valence-electron chi connectivity index (χ1n) is 8.39. The Morgan fingerprint density at radius 3 is 3.00 bits per heavy atom. The van der Waals surface area contributed by atoms with Crippen molar-refractivity contribution in [3.8, 4) is 11.8 Å². The largest absolute Gasteiger partial charge is 0.432 e. The lowest BCUT2D eigenvalue weighted by Crippen LogP contribution is -2.04. The number of hydrogen-bond acceptors (Lipinski definition) is 5. The summed E-state index contributed by atoms with van der Waals surface area (Å²) in [4.78, 5) is 8.19. The maximum Gasteiger partial charge on any atom is 0.254 e. The molecular formula is C18H19N5O. The minimum Gasteiger partial charge on any atom is -0.432 e. The maximum absolute atomic E-state index is 5.74. The molecule has 1 aliphatic rings. The summed E-state index contributed by atoms with van der Waals surface area (Å²) in [6.45, 7) is 0. The number of furan rings is 1. The number of rotatable bonds is 3. The summed E-state index contributed by atoms with van der Waals surface area (Å²) >= 11 is 0. The van der Waals surface area contributed by atoms with E-state index in [9.17, 15) is 0 Å². The molecule has 0 spiro atoms. The van der Waals surface area contributed by atoms with Crippen LogP contribution in [-0.4, -0.2) is 19.6 Å². The van der Waals surface area contributed by atoms with Crippen molar-refractivity contribution in [3.63, 3.8) is 0 Å². The van der Waals surface area contributed by atoms with Crippen LogP contribution in [-0.2, 0) is 0 Å². The van der Waals surface area contributed by atoms with Crippen LogP contribution in [0.2, 0.25) is 0 Å². The minimum absolute atomic E-state index is 0.541. The van der Waals surface area contributed by atoms with Gasteiger partial charge in [0, 0.05) is 18.7 Å². The molecule has 122 valence electrons. The molecule has 3 heterocycles. The number of anilines is 2. The monoisotopic (exact) mass is 321 g/mol. The van der Waals surface area contributed by atoms with Gasteiger partial charge in [-0.15, -0.1) is 0 Å². The van der Waals surface area contributed by atoms with Gasteiger partial charge in [-0.3, -0.25) is 0 Å². The molecule has 1 aliphatic carbocycles. The second-order valence-corrected chi connectivity index (χ2v) is 6.10. The smallest absolute Gasteiger partial charge is 0.254 e. The molecule has 1 N–H and O–H groups in total. The fourth-order valence-corrected chi connectivity index (χ4v) is 3.11. The molecule has 1 fully saturated rings. The van der Waals surface area contributed by atoms with Gasteiger partial charge >= 0.3 is 0 Å². The van der Waals surface area contributed by atoms with Crippen molar-refractivity contribution in [2.24, 2.45) is 5.92 Å². The average molecular weight is 321 g/mol. The van der Waals surface area contributed by atoms with E-state index in [1.165, 1.54) is 38.4 Å². The van der Waals surface area contributed by atoms with Gasteiger partial charge in [-0.2, -0.15) is 14.6 Å². The van der Waals surface area contributed by atoms with Gasteiger partial charge in [-0.25, -0.2) is 4.98 Å². The van der Waals surface area contributed by atoms with Gasteiger partial charge in [0.15, 0.2) is 11.6 Å². The first-order valence-corrected chi connectivity index (χ1v) is 8.39. The van der Waals surface area contributed by atoms with Crippen LogP contribution in [0.3, 0.4) is 0 Å².